The smallest absolute Gasteiger partial charge is 0.271 e. The number of sulfonamides is 1. The van der Waals surface area contributed by atoms with Gasteiger partial charge in [-0.3, -0.25) is 14.9 Å². The largest absolute Gasteiger partial charge is 0.484 e. The van der Waals surface area contributed by atoms with Gasteiger partial charge in [0.05, 0.1) is 9.82 Å². The van der Waals surface area contributed by atoms with Crippen molar-refractivity contribution in [2.24, 2.45) is 0 Å². The Hall–Kier alpha value is -2.98. The van der Waals surface area contributed by atoms with Crippen LogP contribution < -0.4 is 14.8 Å². The molecule has 0 heterocycles. The molecule has 0 saturated heterocycles. The summed E-state index contributed by atoms with van der Waals surface area (Å²) in [6, 6.07) is 11.4. The number of hydrogen-bond acceptors (Lipinski definition) is 6. The van der Waals surface area contributed by atoms with Crippen LogP contribution in [-0.2, 0) is 14.8 Å². The Morgan fingerprint density at radius 2 is 1.80 bits per heavy atom. The Morgan fingerprint density at radius 3 is 2.47 bits per heavy atom. The van der Waals surface area contributed by atoms with Gasteiger partial charge in [-0.1, -0.05) is 25.3 Å². The maximum absolute atomic E-state index is 12.5. The van der Waals surface area contributed by atoms with Crippen LogP contribution in [0.3, 0.4) is 0 Å². The summed E-state index contributed by atoms with van der Waals surface area (Å²) in [6.45, 7) is -0.324. The first-order chi connectivity index (χ1) is 14.3. The van der Waals surface area contributed by atoms with Gasteiger partial charge < -0.3 is 10.1 Å². The third kappa shape index (κ3) is 6.01. The normalized spacial score (nSPS) is 14.8. The van der Waals surface area contributed by atoms with Crippen molar-refractivity contribution >= 4 is 27.3 Å². The molecule has 2 aromatic carbocycles. The lowest BCUT2D eigenvalue weighted by Crippen LogP contribution is -2.36. The van der Waals surface area contributed by atoms with E-state index in [4.69, 9.17) is 4.74 Å². The second-order valence-electron chi connectivity index (χ2n) is 7.07. The molecule has 0 bridgehead atoms. The zero-order valence-corrected chi connectivity index (χ0v) is 17.1. The van der Waals surface area contributed by atoms with E-state index in [0.717, 1.165) is 32.1 Å². The summed E-state index contributed by atoms with van der Waals surface area (Å²) >= 11 is 0. The van der Waals surface area contributed by atoms with Crippen molar-refractivity contribution in [2.45, 2.75) is 43.0 Å². The molecule has 0 aliphatic heterocycles. The van der Waals surface area contributed by atoms with Crippen molar-refractivity contribution in [3.8, 4) is 5.75 Å². The second kappa shape index (κ2) is 9.68. The lowest BCUT2D eigenvalue weighted by atomic mass is 9.96. The Kier molecular flexibility index (Phi) is 7.01. The topological polar surface area (TPSA) is 128 Å². The molecule has 160 valence electrons. The number of nitrogens with one attached hydrogen (secondary N) is 2. The van der Waals surface area contributed by atoms with Crippen molar-refractivity contribution in [1.82, 2.24) is 4.72 Å². The number of nitro groups is 1. The third-order valence-corrected chi connectivity index (χ3v) is 6.31. The molecule has 2 aromatic rings. The first-order valence-electron chi connectivity index (χ1n) is 9.63. The van der Waals surface area contributed by atoms with Gasteiger partial charge in [-0.05, 0) is 43.2 Å². The van der Waals surface area contributed by atoms with Gasteiger partial charge in [0, 0.05) is 23.9 Å². The predicted octanol–water partition coefficient (Wildman–Crippen LogP) is 3.22. The van der Waals surface area contributed by atoms with Gasteiger partial charge in [0.15, 0.2) is 6.61 Å². The van der Waals surface area contributed by atoms with Gasteiger partial charge in [-0.15, -0.1) is 0 Å². The highest BCUT2D eigenvalue weighted by molar-refractivity contribution is 7.89. The molecule has 0 aromatic heterocycles. The average Bonchev–Trinajstić information content (AvgIpc) is 2.73. The molecule has 3 rings (SSSR count). The fourth-order valence-electron chi connectivity index (χ4n) is 3.27. The summed E-state index contributed by atoms with van der Waals surface area (Å²) in [5, 5.41) is 13.3. The van der Waals surface area contributed by atoms with Crippen LogP contribution in [0.25, 0.3) is 0 Å². The minimum Gasteiger partial charge on any atom is -0.484 e. The Bertz CT molecular complexity index is 1000. The van der Waals surface area contributed by atoms with Gasteiger partial charge in [0.25, 0.3) is 11.6 Å². The van der Waals surface area contributed by atoms with Crippen LogP contribution in [0.5, 0.6) is 5.75 Å². The zero-order chi connectivity index (χ0) is 21.6. The quantitative estimate of drug-likeness (QED) is 0.486. The van der Waals surface area contributed by atoms with Crippen molar-refractivity contribution < 1.29 is 22.9 Å². The SMILES string of the molecule is O=C(COc1ccc(S(=O)(=O)NC2CCCCC2)cc1)Nc1cccc([N+](=O)[O-])c1. The number of ether oxygens (including phenoxy) is 1. The fraction of sp³-hybridized carbons (Fsp3) is 0.350. The monoisotopic (exact) mass is 433 g/mol. The molecule has 1 aliphatic carbocycles. The number of hydrogen-bond donors (Lipinski definition) is 2. The van der Waals surface area contributed by atoms with Gasteiger partial charge in [-0.25, -0.2) is 13.1 Å². The van der Waals surface area contributed by atoms with Gasteiger partial charge in [0.1, 0.15) is 5.75 Å². The number of nitrogens with zero attached hydrogens (tertiary/aromatic N) is 1. The van der Waals surface area contributed by atoms with E-state index in [-0.39, 0.29) is 28.9 Å². The van der Waals surface area contributed by atoms with E-state index in [1.807, 2.05) is 0 Å². The Balaban J connectivity index is 1.53. The summed E-state index contributed by atoms with van der Waals surface area (Å²) < 4.78 is 33.1. The lowest BCUT2D eigenvalue weighted by Gasteiger charge is -2.22. The number of carbonyl (C=O) groups is 1. The van der Waals surface area contributed by atoms with E-state index in [1.165, 1.54) is 48.5 Å². The molecule has 1 amide bonds. The van der Waals surface area contributed by atoms with Crippen molar-refractivity contribution in [1.29, 1.82) is 0 Å². The predicted molar refractivity (Wildman–Crippen MR) is 111 cm³/mol. The number of nitro benzene ring substituents is 1. The van der Waals surface area contributed by atoms with Crippen LogP contribution in [0.15, 0.2) is 53.4 Å². The van der Waals surface area contributed by atoms with Crippen molar-refractivity contribution in [2.75, 3.05) is 11.9 Å². The highest BCUT2D eigenvalue weighted by atomic mass is 32.2. The molecule has 9 nitrogen and oxygen atoms in total. The first-order valence-corrected chi connectivity index (χ1v) is 11.1. The maximum atomic E-state index is 12.5. The Labute approximate surface area is 174 Å². The van der Waals surface area contributed by atoms with Gasteiger partial charge in [0.2, 0.25) is 10.0 Å². The summed E-state index contributed by atoms with van der Waals surface area (Å²) in [5.74, 6) is -0.160. The van der Waals surface area contributed by atoms with E-state index in [1.54, 1.807) is 0 Å². The van der Waals surface area contributed by atoms with E-state index < -0.39 is 20.9 Å². The Morgan fingerprint density at radius 1 is 1.10 bits per heavy atom. The van der Waals surface area contributed by atoms with Crippen LogP contribution in [0, 0.1) is 10.1 Å². The van der Waals surface area contributed by atoms with Crippen LogP contribution in [0.2, 0.25) is 0 Å². The number of benzene rings is 2. The molecule has 0 unspecified atom stereocenters. The number of carbonyl (C=O) groups excluding carboxylic acids is 1. The van der Waals surface area contributed by atoms with E-state index in [0.29, 0.717) is 5.75 Å². The van der Waals surface area contributed by atoms with Crippen LogP contribution in [0.1, 0.15) is 32.1 Å². The summed E-state index contributed by atoms with van der Waals surface area (Å²) in [7, 11) is -3.60. The van der Waals surface area contributed by atoms with E-state index in [2.05, 4.69) is 10.0 Å². The number of rotatable bonds is 8. The molecule has 30 heavy (non-hydrogen) atoms. The molecule has 0 spiro atoms. The molecule has 1 fully saturated rings. The van der Waals surface area contributed by atoms with E-state index >= 15 is 0 Å². The molecule has 1 saturated carbocycles. The van der Waals surface area contributed by atoms with Gasteiger partial charge in [-0.2, -0.15) is 0 Å². The molecule has 10 heteroatoms. The molecule has 0 radical (unpaired) electrons. The lowest BCUT2D eigenvalue weighted by molar-refractivity contribution is -0.384. The number of amides is 1. The number of non-ortho nitro benzene ring substituents is 1. The molecular formula is C20H23N3O6S. The average molecular weight is 433 g/mol. The van der Waals surface area contributed by atoms with Crippen LogP contribution in [0.4, 0.5) is 11.4 Å². The van der Waals surface area contributed by atoms with E-state index in [9.17, 15) is 23.3 Å². The minimum atomic E-state index is -3.60. The van der Waals surface area contributed by atoms with Crippen LogP contribution >= 0.6 is 0 Å². The third-order valence-electron chi connectivity index (χ3n) is 4.77. The summed E-state index contributed by atoms with van der Waals surface area (Å²) in [4.78, 5) is 22.4. The molecular weight excluding hydrogens is 410 g/mol. The van der Waals surface area contributed by atoms with Gasteiger partial charge >= 0.3 is 0 Å². The second-order valence-corrected chi connectivity index (χ2v) is 8.79. The molecule has 1 aliphatic rings. The number of anilines is 1. The first kappa shape index (κ1) is 21.7. The van der Waals surface area contributed by atoms with Crippen molar-refractivity contribution in [3.63, 3.8) is 0 Å². The molecule has 2 N–H and O–H groups in total. The van der Waals surface area contributed by atoms with Crippen molar-refractivity contribution in [3.05, 3.63) is 58.6 Å². The zero-order valence-electron chi connectivity index (χ0n) is 16.2. The highest BCUT2D eigenvalue weighted by Gasteiger charge is 2.21. The summed E-state index contributed by atoms with van der Waals surface area (Å²) in [6.07, 6.45) is 4.88. The maximum Gasteiger partial charge on any atom is 0.271 e. The van der Waals surface area contributed by atoms with Crippen LogP contribution in [-0.4, -0.2) is 31.9 Å². The fourth-order valence-corrected chi connectivity index (χ4v) is 4.57. The minimum absolute atomic E-state index is 0.0304. The summed E-state index contributed by atoms with van der Waals surface area (Å²) in [5.41, 5.74) is 0.153. The molecule has 0 atom stereocenters. The highest BCUT2D eigenvalue weighted by Crippen LogP contribution is 2.21. The standard InChI is InChI=1S/C20H23N3O6S/c24-20(21-16-7-4-8-17(13-16)23(25)26)14-29-18-9-11-19(12-10-18)30(27,28)22-15-5-2-1-3-6-15/h4,7-13,15,22H,1-3,5-6,14H2,(H,21,24).